The van der Waals surface area contributed by atoms with Crippen molar-refractivity contribution >= 4 is 114 Å². The molecular weight excluding hydrogens is 452 g/mol. The number of rotatable bonds is 0. The van der Waals surface area contributed by atoms with Crippen molar-refractivity contribution in [3.05, 3.63) is 52.3 Å². The van der Waals surface area contributed by atoms with Crippen molar-refractivity contribution in [1.82, 2.24) is 0 Å². The molecule has 0 fully saturated rings. The molecule has 0 amide bonds. The molecule has 3 aromatic rings. The van der Waals surface area contributed by atoms with Gasteiger partial charge < -0.3 is 0 Å². The first kappa shape index (κ1) is 17.3. The molecule has 0 aliphatic heterocycles. The highest BCUT2D eigenvalue weighted by Gasteiger charge is 2.22. The van der Waals surface area contributed by atoms with Gasteiger partial charge in [-0.25, -0.2) is 0 Å². The van der Waals surface area contributed by atoms with Gasteiger partial charge in [0.2, 0.25) is 0 Å². The van der Waals surface area contributed by atoms with E-state index in [1.165, 1.54) is 6.07 Å². The van der Waals surface area contributed by atoms with Crippen LogP contribution in [-0.2, 0) is 0 Å². The lowest BCUT2D eigenvalue weighted by atomic mass is 10.0. The SMILES string of the molecule is Clc1cc2c(Cl)c(Cl)c3c(Cl)c(Cl)cc(Cl)c3c2c(Cl)c1Cl. The first-order valence-electron chi connectivity index (χ1n) is 5.67. The van der Waals surface area contributed by atoms with Gasteiger partial charge in [-0.05, 0) is 12.1 Å². The van der Waals surface area contributed by atoms with Crippen LogP contribution in [0.4, 0.5) is 0 Å². The number of benzene rings is 3. The van der Waals surface area contributed by atoms with Crippen LogP contribution in [0.15, 0.2) is 12.1 Å². The second-order valence-corrected chi connectivity index (χ2v) is 7.55. The fraction of sp³-hybridized carbons (Fsp3) is 0. The fourth-order valence-corrected chi connectivity index (χ4v) is 4.37. The van der Waals surface area contributed by atoms with Crippen LogP contribution in [0.2, 0.25) is 40.2 Å². The Morgan fingerprint density at radius 2 is 0.955 bits per heavy atom. The van der Waals surface area contributed by atoms with Crippen molar-refractivity contribution in [2.24, 2.45) is 0 Å². The molecule has 0 saturated carbocycles. The number of hydrogen-bond donors (Lipinski definition) is 0. The van der Waals surface area contributed by atoms with Crippen LogP contribution >= 0.6 is 92.8 Å². The fourth-order valence-electron chi connectivity index (χ4n) is 2.29. The number of hydrogen-bond acceptors (Lipinski definition) is 0. The molecule has 0 spiro atoms. The molecular formula is C14H2Cl8. The molecule has 3 aromatic carbocycles. The minimum atomic E-state index is 0.192. The van der Waals surface area contributed by atoms with Gasteiger partial charge in [-0.15, -0.1) is 0 Å². The predicted molar refractivity (Wildman–Crippen MR) is 102 cm³/mol. The smallest absolute Gasteiger partial charge is 0.0785 e. The molecule has 0 saturated heterocycles. The molecule has 0 aliphatic carbocycles. The summed E-state index contributed by atoms with van der Waals surface area (Å²) < 4.78 is 0. The van der Waals surface area contributed by atoms with Gasteiger partial charge in [-0.2, -0.15) is 0 Å². The predicted octanol–water partition coefficient (Wildman–Crippen LogP) is 9.22. The largest absolute Gasteiger partial charge is 0.0836 e. The maximum absolute atomic E-state index is 6.35. The third-order valence-electron chi connectivity index (χ3n) is 3.23. The van der Waals surface area contributed by atoms with E-state index in [4.69, 9.17) is 92.8 Å². The monoisotopic (exact) mass is 450 g/mol. The third-order valence-corrected chi connectivity index (χ3v) is 6.45. The number of halogens is 8. The number of fused-ring (bicyclic) bond motifs is 3. The van der Waals surface area contributed by atoms with Crippen LogP contribution in [0.3, 0.4) is 0 Å². The zero-order valence-corrected chi connectivity index (χ0v) is 16.2. The Kier molecular flexibility index (Phi) is 4.80. The van der Waals surface area contributed by atoms with E-state index < -0.39 is 0 Å². The molecule has 114 valence electrons. The molecule has 3 rings (SSSR count). The second-order valence-electron chi connectivity index (χ2n) is 4.44. The van der Waals surface area contributed by atoms with Crippen molar-refractivity contribution in [1.29, 1.82) is 0 Å². The lowest BCUT2D eigenvalue weighted by Crippen LogP contribution is -1.88. The van der Waals surface area contributed by atoms with E-state index in [1.54, 1.807) is 6.07 Å². The van der Waals surface area contributed by atoms with E-state index in [2.05, 4.69) is 0 Å². The molecule has 0 aromatic heterocycles. The van der Waals surface area contributed by atoms with Crippen molar-refractivity contribution < 1.29 is 0 Å². The second kappa shape index (κ2) is 6.10. The normalized spacial score (nSPS) is 11.6. The molecule has 0 aliphatic rings. The van der Waals surface area contributed by atoms with Crippen molar-refractivity contribution in [2.75, 3.05) is 0 Å². The Bertz CT molecular complexity index is 961. The molecule has 0 unspecified atom stereocenters. The quantitative estimate of drug-likeness (QED) is 0.181. The van der Waals surface area contributed by atoms with Crippen molar-refractivity contribution in [2.45, 2.75) is 0 Å². The average Bonchev–Trinajstić information content (AvgIpc) is 2.46. The highest BCUT2D eigenvalue weighted by molar-refractivity contribution is 6.58. The summed E-state index contributed by atoms with van der Waals surface area (Å²) in [5, 5.41) is 3.92. The Labute approximate surface area is 165 Å². The van der Waals surface area contributed by atoms with E-state index in [9.17, 15) is 0 Å². The Morgan fingerprint density at radius 1 is 0.409 bits per heavy atom. The molecule has 0 nitrogen and oxygen atoms in total. The highest BCUT2D eigenvalue weighted by Crippen LogP contribution is 2.50. The van der Waals surface area contributed by atoms with Crippen LogP contribution in [0.1, 0.15) is 0 Å². The lowest BCUT2D eigenvalue weighted by molar-refractivity contribution is 1.75. The Balaban J connectivity index is 2.79. The van der Waals surface area contributed by atoms with Gasteiger partial charge in [-0.1, -0.05) is 92.8 Å². The summed E-state index contributed by atoms with van der Waals surface area (Å²) in [5.41, 5.74) is 0. The van der Waals surface area contributed by atoms with Crippen LogP contribution < -0.4 is 0 Å². The van der Waals surface area contributed by atoms with Crippen LogP contribution in [0.5, 0.6) is 0 Å². The van der Waals surface area contributed by atoms with Crippen LogP contribution in [-0.4, -0.2) is 0 Å². The molecule has 0 N–H and O–H groups in total. The van der Waals surface area contributed by atoms with E-state index >= 15 is 0 Å². The maximum Gasteiger partial charge on any atom is 0.0785 e. The van der Waals surface area contributed by atoms with E-state index in [0.717, 1.165) is 0 Å². The Morgan fingerprint density at radius 3 is 1.59 bits per heavy atom. The van der Waals surface area contributed by atoms with Gasteiger partial charge in [0.05, 0.1) is 40.2 Å². The molecule has 8 heteroatoms. The van der Waals surface area contributed by atoms with Crippen molar-refractivity contribution in [3.63, 3.8) is 0 Å². The van der Waals surface area contributed by atoms with Gasteiger partial charge >= 0.3 is 0 Å². The van der Waals surface area contributed by atoms with Gasteiger partial charge in [0.25, 0.3) is 0 Å². The van der Waals surface area contributed by atoms with E-state index in [1.807, 2.05) is 0 Å². The molecule has 0 atom stereocenters. The summed E-state index contributed by atoms with van der Waals surface area (Å²) in [5.74, 6) is 0. The summed E-state index contributed by atoms with van der Waals surface area (Å²) in [4.78, 5) is 0. The zero-order valence-electron chi connectivity index (χ0n) is 10.2. The molecule has 0 heterocycles. The average molecular weight is 454 g/mol. The maximum atomic E-state index is 6.35. The third kappa shape index (κ3) is 2.44. The first-order chi connectivity index (χ1) is 10.3. The summed E-state index contributed by atoms with van der Waals surface area (Å²) in [7, 11) is 0. The van der Waals surface area contributed by atoms with Crippen LogP contribution in [0.25, 0.3) is 21.5 Å². The van der Waals surface area contributed by atoms with Gasteiger partial charge in [0.1, 0.15) is 0 Å². The molecule has 0 bridgehead atoms. The van der Waals surface area contributed by atoms with Crippen molar-refractivity contribution in [3.8, 4) is 0 Å². The molecule has 22 heavy (non-hydrogen) atoms. The topological polar surface area (TPSA) is 0 Å². The van der Waals surface area contributed by atoms with Crippen LogP contribution in [0, 0.1) is 0 Å². The zero-order chi connectivity index (χ0) is 16.3. The first-order valence-corrected chi connectivity index (χ1v) is 8.69. The minimum Gasteiger partial charge on any atom is -0.0836 e. The Hall–Kier alpha value is 0.500. The van der Waals surface area contributed by atoms with E-state index in [-0.39, 0.29) is 35.2 Å². The standard InChI is InChI=1S/C14H2Cl8/c15-4-2-6(17)11(19)9-8(4)7-3(10(18)14(9)22)1-5(16)12(20)13(7)21/h1-2H. The lowest BCUT2D eigenvalue weighted by Gasteiger charge is -2.15. The van der Waals surface area contributed by atoms with E-state index in [0.29, 0.717) is 26.6 Å². The highest BCUT2D eigenvalue weighted by atomic mass is 35.5. The summed E-state index contributed by atoms with van der Waals surface area (Å²) >= 11 is 49.9. The minimum absolute atomic E-state index is 0.192. The summed E-state index contributed by atoms with van der Waals surface area (Å²) in [6.45, 7) is 0. The van der Waals surface area contributed by atoms with Gasteiger partial charge in [-0.3, -0.25) is 0 Å². The molecule has 0 radical (unpaired) electrons. The van der Waals surface area contributed by atoms with Gasteiger partial charge in [0, 0.05) is 21.5 Å². The van der Waals surface area contributed by atoms with Gasteiger partial charge in [0.15, 0.2) is 0 Å². The summed E-state index contributed by atoms with van der Waals surface area (Å²) in [6.07, 6.45) is 0. The summed E-state index contributed by atoms with van der Waals surface area (Å²) in [6, 6.07) is 3.09.